The van der Waals surface area contributed by atoms with Gasteiger partial charge >= 0.3 is 0 Å². The van der Waals surface area contributed by atoms with Crippen LogP contribution in [0.4, 0.5) is 4.39 Å². The number of hydrogen-bond donors (Lipinski definition) is 2. The smallest absolute Gasteiger partial charge is 0.119 e. The van der Waals surface area contributed by atoms with E-state index < -0.39 is 12.8 Å². The first-order chi connectivity index (χ1) is 16.6. The Balaban J connectivity index is 1.36. The molecule has 1 saturated heterocycles. The average Bonchev–Trinajstić information content (AvgIpc) is 3.40. The van der Waals surface area contributed by atoms with Crippen molar-refractivity contribution >= 4 is 22.7 Å². The number of methoxy groups -OCH3 is 1. The van der Waals surface area contributed by atoms with Crippen molar-refractivity contribution < 1.29 is 19.3 Å². The molecule has 2 heterocycles. The molecule has 1 unspecified atom stereocenters. The van der Waals surface area contributed by atoms with Crippen LogP contribution in [0.25, 0.3) is 10.9 Å². The Morgan fingerprint density at radius 1 is 1.26 bits per heavy atom. The number of hydrogen-bond acceptors (Lipinski definition) is 6. The summed E-state index contributed by atoms with van der Waals surface area (Å²) in [7, 11) is 1.59. The number of likely N-dealkylation sites (tertiary alicyclic amines) is 1. The van der Waals surface area contributed by atoms with E-state index in [1.54, 1.807) is 7.11 Å². The molecule has 0 spiro atoms. The van der Waals surface area contributed by atoms with Crippen LogP contribution in [0.5, 0.6) is 5.75 Å². The summed E-state index contributed by atoms with van der Waals surface area (Å²) in [5.41, 5.74) is 1.56. The molecule has 1 atom stereocenters. The molecule has 0 radical (unpaired) electrons. The zero-order valence-corrected chi connectivity index (χ0v) is 21.2. The highest BCUT2D eigenvalue weighted by molar-refractivity contribution is 7.99. The van der Waals surface area contributed by atoms with E-state index in [9.17, 15) is 14.6 Å². The molecule has 1 aliphatic carbocycles. The minimum absolute atomic E-state index is 0.130. The SMILES string of the molecule is COc1ccc2ncc(CF)c(C(O)CCC3(CO)CCN(CCSC4CCCC4)CC3)c2c1. The molecule has 34 heavy (non-hydrogen) atoms. The molecule has 188 valence electrons. The van der Waals surface area contributed by atoms with Gasteiger partial charge in [-0.25, -0.2) is 4.39 Å². The molecule has 1 aliphatic heterocycles. The third kappa shape index (κ3) is 6.04. The predicted molar refractivity (Wildman–Crippen MR) is 137 cm³/mol. The molecule has 1 aromatic heterocycles. The third-order valence-corrected chi connectivity index (χ3v) is 9.30. The molecule has 1 aromatic carbocycles. The molecule has 2 N–H and O–H groups in total. The second-order valence-corrected chi connectivity index (χ2v) is 11.5. The van der Waals surface area contributed by atoms with E-state index in [0.717, 1.165) is 49.5 Å². The number of benzene rings is 1. The Morgan fingerprint density at radius 3 is 2.71 bits per heavy atom. The van der Waals surface area contributed by atoms with Crippen molar-refractivity contribution in [2.24, 2.45) is 5.41 Å². The Bertz CT molecular complexity index is 924. The number of fused-ring (bicyclic) bond motifs is 1. The first kappa shape index (κ1) is 25.7. The number of thioether (sulfide) groups is 1. The van der Waals surface area contributed by atoms with Gasteiger partial charge in [-0.05, 0) is 80.8 Å². The van der Waals surface area contributed by atoms with E-state index in [4.69, 9.17) is 4.74 Å². The first-order valence-electron chi connectivity index (χ1n) is 12.7. The fourth-order valence-corrected chi connectivity index (χ4v) is 6.95. The lowest BCUT2D eigenvalue weighted by atomic mass is 9.74. The van der Waals surface area contributed by atoms with Crippen LogP contribution in [0.15, 0.2) is 24.4 Å². The van der Waals surface area contributed by atoms with Crippen LogP contribution in [-0.2, 0) is 6.67 Å². The van der Waals surface area contributed by atoms with Crippen LogP contribution in [0, 0.1) is 5.41 Å². The summed E-state index contributed by atoms with van der Waals surface area (Å²) in [6.45, 7) is 2.56. The van der Waals surface area contributed by atoms with Crippen LogP contribution < -0.4 is 4.74 Å². The fourth-order valence-electron chi connectivity index (χ4n) is 5.59. The lowest BCUT2D eigenvalue weighted by molar-refractivity contribution is 0.0253. The van der Waals surface area contributed by atoms with E-state index in [1.807, 2.05) is 18.2 Å². The van der Waals surface area contributed by atoms with Crippen LogP contribution in [0.3, 0.4) is 0 Å². The number of piperidine rings is 1. The summed E-state index contributed by atoms with van der Waals surface area (Å²) in [6, 6.07) is 5.48. The topological polar surface area (TPSA) is 65.8 Å². The van der Waals surface area contributed by atoms with Crippen LogP contribution in [0.2, 0.25) is 0 Å². The van der Waals surface area contributed by atoms with Crippen molar-refractivity contribution in [3.8, 4) is 5.75 Å². The Labute approximate surface area is 207 Å². The van der Waals surface area contributed by atoms with E-state index in [2.05, 4.69) is 21.6 Å². The molecule has 1 saturated carbocycles. The standard InChI is InChI=1S/C27H39FN2O3S/c1-33-21-6-7-24-23(16-21)26(20(17-28)18-29-24)25(32)8-9-27(19-31)10-12-30(13-11-27)14-15-34-22-4-2-3-5-22/h6-7,16,18,22,25,31-32H,2-5,8-15,17,19H2,1H3. The third-order valence-electron chi connectivity index (χ3n) is 7.94. The van der Waals surface area contributed by atoms with Crippen molar-refractivity contribution in [1.29, 1.82) is 0 Å². The maximum absolute atomic E-state index is 13.8. The van der Waals surface area contributed by atoms with Crippen molar-refractivity contribution in [3.63, 3.8) is 0 Å². The number of aromatic nitrogens is 1. The van der Waals surface area contributed by atoms with Gasteiger partial charge in [0.25, 0.3) is 0 Å². The second kappa shape index (κ2) is 12.0. The van der Waals surface area contributed by atoms with Crippen LogP contribution in [-0.4, -0.2) is 64.5 Å². The van der Waals surface area contributed by atoms with E-state index in [0.29, 0.717) is 28.8 Å². The summed E-state index contributed by atoms with van der Waals surface area (Å²) in [4.78, 5) is 6.88. The summed E-state index contributed by atoms with van der Waals surface area (Å²) in [5, 5.41) is 23.1. The van der Waals surface area contributed by atoms with Gasteiger partial charge < -0.3 is 19.8 Å². The molecule has 5 nitrogen and oxygen atoms in total. The number of ether oxygens (including phenoxy) is 1. The van der Waals surface area contributed by atoms with Crippen molar-refractivity contribution in [1.82, 2.24) is 9.88 Å². The van der Waals surface area contributed by atoms with Crippen LogP contribution in [0.1, 0.15) is 68.6 Å². The van der Waals surface area contributed by atoms with E-state index in [1.165, 1.54) is 37.6 Å². The molecule has 7 heteroatoms. The maximum atomic E-state index is 13.8. The highest BCUT2D eigenvalue weighted by atomic mass is 32.2. The molecule has 2 fully saturated rings. The molecule has 2 aliphatic rings. The largest absolute Gasteiger partial charge is 0.497 e. The number of rotatable bonds is 11. The van der Waals surface area contributed by atoms with E-state index in [-0.39, 0.29) is 12.0 Å². The van der Waals surface area contributed by atoms with Gasteiger partial charge in [0.1, 0.15) is 12.4 Å². The first-order valence-corrected chi connectivity index (χ1v) is 13.8. The quantitative estimate of drug-likeness (QED) is 0.447. The minimum atomic E-state index is -0.812. The summed E-state index contributed by atoms with van der Waals surface area (Å²) in [5.74, 6) is 1.85. The number of alkyl halides is 1. The Hall–Kier alpha value is -1.41. The number of halogens is 1. The number of pyridine rings is 1. The molecule has 0 bridgehead atoms. The fraction of sp³-hybridized carbons (Fsp3) is 0.667. The lowest BCUT2D eigenvalue weighted by Gasteiger charge is -2.41. The number of aliphatic hydroxyl groups excluding tert-OH is 2. The molecule has 2 aromatic rings. The molecule has 4 rings (SSSR count). The van der Waals surface area contributed by atoms with Gasteiger partial charge in [-0.3, -0.25) is 4.98 Å². The lowest BCUT2D eigenvalue weighted by Crippen LogP contribution is -2.43. The Kier molecular flexibility index (Phi) is 9.08. The zero-order chi connectivity index (χ0) is 24.0. The van der Waals surface area contributed by atoms with Gasteiger partial charge in [0.05, 0.1) is 18.7 Å². The van der Waals surface area contributed by atoms with Gasteiger partial charge in [0.15, 0.2) is 0 Å². The zero-order valence-electron chi connectivity index (χ0n) is 20.3. The van der Waals surface area contributed by atoms with Gasteiger partial charge in [-0.15, -0.1) is 0 Å². The van der Waals surface area contributed by atoms with Gasteiger partial charge in [0, 0.05) is 41.3 Å². The normalized spacial score (nSPS) is 20.1. The summed E-state index contributed by atoms with van der Waals surface area (Å²) in [6.07, 6.45) is 9.33. The Morgan fingerprint density at radius 2 is 2.03 bits per heavy atom. The molecule has 0 amide bonds. The monoisotopic (exact) mass is 490 g/mol. The highest BCUT2D eigenvalue weighted by Crippen LogP contribution is 2.40. The van der Waals surface area contributed by atoms with Crippen molar-refractivity contribution in [2.75, 3.05) is 39.1 Å². The maximum Gasteiger partial charge on any atom is 0.119 e. The summed E-state index contributed by atoms with van der Waals surface area (Å²) < 4.78 is 19.2. The predicted octanol–water partition coefficient (Wildman–Crippen LogP) is 5.28. The highest BCUT2D eigenvalue weighted by Gasteiger charge is 2.34. The van der Waals surface area contributed by atoms with E-state index >= 15 is 0 Å². The molecular formula is C27H39FN2O3S. The minimum Gasteiger partial charge on any atom is -0.497 e. The number of nitrogens with zero attached hydrogens (tertiary/aromatic N) is 2. The van der Waals surface area contributed by atoms with Crippen molar-refractivity contribution in [2.45, 2.75) is 69.4 Å². The second-order valence-electron chi connectivity index (χ2n) is 10.0. The van der Waals surface area contributed by atoms with Gasteiger partial charge in [-0.2, -0.15) is 11.8 Å². The summed E-state index contributed by atoms with van der Waals surface area (Å²) >= 11 is 2.13. The van der Waals surface area contributed by atoms with Gasteiger partial charge in [0.2, 0.25) is 0 Å². The average molecular weight is 491 g/mol. The van der Waals surface area contributed by atoms with Crippen LogP contribution >= 0.6 is 11.8 Å². The van der Waals surface area contributed by atoms with Crippen molar-refractivity contribution in [3.05, 3.63) is 35.5 Å². The number of aliphatic hydroxyl groups is 2. The molecular weight excluding hydrogens is 451 g/mol. The van der Waals surface area contributed by atoms with Gasteiger partial charge in [-0.1, -0.05) is 12.8 Å².